The third-order valence-corrected chi connectivity index (χ3v) is 7.40. The number of carbonyl (C=O) groups is 2. The molecule has 0 spiro atoms. The van der Waals surface area contributed by atoms with Gasteiger partial charge in [0.15, 0.2) is 5.78 Å². The number of hydrogen-bond acceptors (Lipinski definition) is 3. The van der Waals surface area contributed by atoms with E-state index in [-0.39, 0.29) is 36.8 Å². The summed E-state index contributed by atoms with van der Waals surface area (Å²) in [5.74, 6) is -2.47. The van der Waals surface area contributed by atoms with E-state index >= 15 is 0 Å². The van der Waals surface area contributed by atoms with Gasteiger partial charge in [-0.3, -0.25) is 9.59 Å². The van der Waals surface area contributed by atoms with Gasteiger partial charge in [0, 0.05) is 36.9 Å². The molecule has 2 aromatic rings. The number of ketones is 1. The van der Waals surface area contributed by atoms with E-state index in [1.165, 1.54) is 18.2 Å². The Kier molecular flexibility index (Phi) is 8.59. The van der Waals surface area contributed by atoms with E-state index < -0.39 is 35.7 Å². The molecule has 3 rings (SSSR count). The highest BCUT2D eigenvalue weighted by Crippen LogP contribution is 2.66. The number of rotatable bonds is 11. The van der Waals surface area contributed by atoms with Crippen molar-refractivity contribution in [1.29, 1.82) is 0 Å². The summed E-state index contributed by atoms with van der Waals surface area (Å²) in [4.78, 5) is 26.8. The van der Waals surface area contributed by atoms with Crippen molar-refractivity contribution in [3.05, 3.63) is 70.5 Å². The minimum absolute atomic E-state index is 0.0658. The van der Waals surface area contributed by atoms with Crippen LogP contribution in [0, 0.1) is 18.2 Å². The molecule has 4 nitrogen and oxygen atoms in total. The van der Waals surface area contributed by atoms with Crippen molar-refractivity contribution in [2.75, 3.05) is 20.6 Å². The molecular weight excluding hydrogens is 472 g/mol. The maximum Gasteiger partial charge on any atom is 0.395 e. The summed E-state index contributed by atoms with van der Waals surface area (Å²) >= 11 is 0. The van der Waals surface area contributed by atoms with Gasteiger partial charge in [-0.25, -0.2) is 4.39 Å². The van der Waals surface area contributed by atoms with E-state index in [4.69, 9.17) is 0 Å². The van der Waals surface area contributed by atoms with Crippen molar-refractivity contribution < 1.29 is 27.2 Å². The van der Waals surface area contributed by atoms with Crippen LogP contribution in [0.5, 0.6) is 0 Å². The predicted octanol–water partition coefficient (Wildman–Crippen LogP) is 5.83. The summed E-state index contributed by atoms with van der Waals surface area (Å²) in [6.07, 6.45) is -4.17. The molecule has 0 radical (unpaired) electrons. The van der Waals surface area contributed by atoms with Crippen molar-refractivity contribution in [2.24, 2.45) is 5.41 Å². The molecule has 0 aromatic heterocycles. The third kappa shape index (κ3) is 6.14. The van der Waals surface area contributed by atoms with Crippen LogP contribution in [0.2, 0.25) is 0 Å². The number of likely N-dealkylation sites (N-methyl/N-ethyl adjacent to an activating group) is 1. The molecule has 1 N–H and O–H groups in total. The standard InChI is InChI=1S/C28H34F4N2O2/c1-5-25(35)20-11-10-19(18(2)14-20)15-21(34(3)4)17-33-26(36)16-23(22-8-6-7-9-24(22)29)27(12-13-27)28(30,31)32/h6-11,14,21,23H,5,12-13,15-17H2,1-4H3,(H,33,36)/t21-,23+/m0/s1. The average molecular weight is 507 g/mol. The lowest BCUT2D eigenvalue weighted by Gasteiger charge is -2.30. The molecule has 2 atom stereocenters. The summed E-state index contributed by atoms with van der Waals surface area (Å²) in [6, 6.07) is 10.8. The van der Waals surface area contributed by atoms with E-state index in [1.807, 2.05) is 45.0 Å². The largest absolute Gasteiger partial charge is 0.395 e. The number of nitrogens with zero attached hydrogens (tertiary/aromatic N) is 1. The maximum atomic E-state index is 14.5. The molecule has 1 amide bonds. The number of alkyl halides is 3. The Morgan fingerprint density at radius 2 is 1.78 bits per heavy atom. The molecule has 36 heavy (non-hydrogen) atoms. The van der Waals surface area contributed by atoms with Gasteiger partial charge in [-0.15, -0.1) is 0 Å². The fourth-order valence-corrected chi connectivity index (χ4v) is 4.81. The fourth-order valence-electron chi connectivity index (χ4n) is 4.81. The van der Waals surface area contributed by atoms with E-state index in [0.29, 0.717) is 18.4 Å². The maximum absolute atomic E-state index is 14.5. The average Bonchev–Trinajstić information content (AvgIpc) is 3.63. The van der Waals surface area contributed by atoms with Crippen molar-refractivity contribution in [3.8, 4) is 0 Å². The van der Waals surface area contributed by atoms with Crippen molar-refractivity contribution in [3.63, 3.8) is 0 Å². The molecule has 196 valence electrons. The minimum atomic E-state index is -4.52. The highest BCUT2D eigenvalue weighted by molar-refractivity contribution is 5.96. The number of halogens is 4. The van der Waals surface area contributed by atoms with Gasteiger partial charge in [-0.05, 0) is 69.1 Å². The molecule has 1 aliphatic rings. The molecule has 1 fully saturated rings. The van der Waals surface area contributed by atoms with Gasteiger partial charge in [-0.1, -0.05) is 37.3 Å². The van der Waals surface area contributed by atoms with Gasteiger partial charge in [0.25, 0.3) is 0 Å². The first kappa shape index (κ1) is 27.8. The van der Waals surface area contributed by atoms with Crippen LogP contribution in [0.25, 0.3) is 0 Å². The molecule has 0 heterocycles. The zero-order valence-corrected chi connectivity index (χ0v) is 21.2. The molecule has 2 aromatic carbocycles. The quantitative estimate of drug-likeness (QED) is 0.308. The number of carbonyl (C=O) groups excluding carboxylic acids is 2. The van der Waals surface area contributed by atoms with Gasteiger partial charge in [0.1, 0.15) is 5.82 Å². The number of benzene rings is 2. The van der Waals surface area contributed by atoms with Gasteiger partial charge in [-0.2, -0.15) is 13.2 Å². The summed E-state index contributed by atoms with van der Waals surface area (Å²) in [6.45, 7) is 3.97. The molecule has 1 saturated carbocycles. The molecule has 0 saturated heterocycles. The normalized spacial score (nSPS) is 16.5. The first-order chi connectivity index (χ1) is 16.9. The Balaban J connectivity index is 1.72. The van der Waals surface area contributed by atoms with E-state index in [0.717, 1.165) is 17.2 Å². The third-order valence-electron chi connectivity index (χ3n) is 7.40. The Hall–Kier alpha value is -2.74. The van der Waals surface area contributed by atoms with Crippen LogP contribution >= 0.6 is 0 Å². The molecule has 0 bridgehead atoms. The number of amides is 1. The molecule has 8 heteroatoms. The van der Waals surface area contributed by atoms with Crippen molar-refractivity contribution in [1.82, 2.24) is 10.2 Å². The fraction of sp³-hybridized carbons (Fsp3) is 0.500. The number of hydrogen-bond donors (Lipinski definition) is 1. The second-order valence-electron chi connectivity index (χ2n) is 9.98. The van der Waals surface area contributed by atoms with Crippen LogP contribution < -0.4 is 5.32 Å². The van der Waals surface area contributed by atoms with Gasteiger partial charge in [0.2, 0.25) is 5.91 Å². The zero-order valence-electron chi connectivity index (χ0n) is 21.2. The Morgan fingerprint density at radius 1 is 1.11 bits per heavy atom. The number of nitrogens with one attached hydrogen (secondary N) is 1. The monoisotopic (exact) mass is 506 g/mol. The van der Waals surface area contributed by atoms with Gasteiger partial charge >= 0.3 is 6.18 Å². The second-order valence-corrected chi connectivity index (χ2v) is 9.98. The number of Topliss-reactive ketones (excluding diaryl/α,β-unsaturated/α-hetero) is 1. The van der Waals surface area contributed by atoms with Crippen LogP contribution in [-0.4, -0.2) is 49.4 Å². The lowest BCUT2D eigenvalue weighted by Crippen LogP contribution is -2.43. The van der Waals surface area contributed by atoms with Crippen LogP contribution in [0.15, 0.2) is 42.5 Å². The molecule has 0 unspecified atom stereocenters. The Morgan fingerprint density at radius 3 is 2.31 bits per heavy atom. The van der Waals surface area contributed by atoms with Crippen LogP contribution in [0.1, 0.15) is 65.6 Å². The second kappa shape index (κ2) is 11.1. The van der Waals surface area contributed by atoms with Crippen molar-refractivity contribution in [2.45, 2.75) is 64.1 Å². The summed E-state index contributed by atoms with van der Waals surface area (Å²) in [7, 11) is 3.73. The zero-order chi connectivity index (χ0) is 26.7. The van der Waals surface area contributed by atoms with E-state index in [9.17, 15) is 27.2 Å². The predicted molar refractivity (Wildman–Crippen MR) is 131 cm³/mol. The number of aryl methyl sites for hydroxylation is 1. The first-order valence-corrected chi connectivity index (χ1v) is 12.3. The highest BCUT2D eigenvalue weighted by atomic mass is 19.4. The Bertz CT molecular complexity index is 1090. The first-order valence-electron chi connectivity index (χ1n) is 12.3. The molecule has 1 aliphatic carbocycles. The highest BCUT2D eigenvalue weighted by Gasteiger charge is 2.67. The summed E-state index contributed by atoms with van der Waals surface area (Å²) < 4.78 is 56.3. The van der Waals surface area contributed by atoms with Gasteiger partial charge in [0.05, 0.1) is 5.41 Å². The SMILES string of the molecule is CCC(=O)c1ccc(C[C@@H](CNC(=O)C[C@H](c2ccccc2F)C2(C(F)(F)F)CC2)N(C)C)c(C)c1. The summed E-state index contributed by atoms with van der Waals surface area (Å²) in [5.41, 5.74) is 0.513. The molecular formula is C28H34F4N2O2. The Labute approximate surface area is 210 Å². The van der Waals surface area contributed by atoms with Crippen LogP contribution in [-0.2, 0) is 11.2 Å². The lowest BCUT2D eigenvalue weighted by atomic mass is 9.79. The lowest BCUT2D eigenvalue weighted by molar-refractivity contribution is -0.195. The topological polar surface area (TPSA) is 49.4 Å². The minimum Gasteiger partial charge on any atom is -0.355 e. The smallest absolute Gasteiger partial charge is 0.355 e. The van der Waals surface area contributed by atoms with Gasteiger partial charge < -0.3 is 10.2 Å². The molecule has 0 aliphatic heterocycles. The van der Waals surface area contributed by atoms with Crippen LogP contribution in [0.4, 0.5) is 17.6 Å². The van der Waals surface area contributed by atoms with Crippen molar-refractivity contribution >= 4 is 11.7 Å². The van der Waals surface area contributed by atoms with E-state index in [1.54, 1.807) is 6.07 Å². The van der Waals surface area contributed by atoms with Crippen LogP contribution in [0.3, 0.4) is 0 Å². The summed E-state index contributed by atoms with van der Waals surface area (Å²) in [5, 5.41) is 2.79. The van der Waals surface area contributed by atoms with E-state index in [2.05, 4.69) is 5.32 Å².